The summed E-state index contributed by atoms with van der Waals surface area (Å²) in [5.74, 6) is -0.258. The Morgan fingerprint density at radius 2 is 2.29 bits per heavy atom. The molecule has 4 nitrogen and oxygen atoms in total. The van der Waals surface area contributed by atoms with Crippen LogP contribution in [0.1, 0.15) is 26.7 Å². The smallest absolute Gasteiger partial charge is 0.240 e. The van der Waals surface area contributed by atoms with Gasteiger partial charge < -0.3 is 10.6 Å². The van der Waals surface area contributed by atoms with Gasteiger partial charge >= 0.3 is 0 Å². The molecule has 0 saturated carbocycles. The zero-order chi connectivity index (χ0) is 12.3. The largest absolute Gasteiger partial charge is 0.322 e. The van der Waals surface area contributed by atoms with Gasteiger partial charge in [-0.3, -0.25) is 4.79 Å². The third-order valence-corrected chi connectivity index (χ3v) is 3.22. The van der Waals surface area contributed by atoms with Gasteiger partial charge in [0, 0.05) is 6.42 Å². The molecule has 1 fully saturated rings. The van der Waals surface area contributed by atoms with E-state index in [4.69, 9.17) is 11.0 Å². The van der Waals surface area contributed by atoms with E-state index in [0.29, 0.717) is 0 Å². The first-order chi connectivity index (χ1) is 7.51. The molecule has 17 heavy (non-hydrogen) atoms. The second-order valence-electron chi connectivity index (χ2n) is 4.38. The number of hydrogen-bond donors (Lipinski definition) is 1. The van der Waals surface area contributed by atoms with E-state index in [0.717, 1.165) is 6.42 Å². The molecule has 0 aromatic rings. The molecule has 0 unspecified atom stereocenters. The first-order valence-corrected chi connectivity index (χ1v) is 5.61. The van der Waals surface area contributed by atoms with Crippen LogP contribution in [0.25, 0.3) is 0 Å². The molecule has 4 atom stereocenters. The summed E-state index contributed by atoms with van der Waals surface area (Å²) in [6, 6.07) is 0.658. The second kappa shape index (κ2) is 6.92. The lowest BCUT2D eigenvalue weighted by atomic mass is 9.99. The number of carbonyl (C=O) groups is 1. The Balaban J connectivity index is 0.00000256. The third-order valence-electron chi connectivity index (χ3n) is 3.22. The van der Waals surface area contributed by atoms with Gasteiger partial charge in [-0.25, -0.2) is 4.39 Å². The van der Waals surface area contributed by atoms with Gasteiger partial charge in [0.05, 0.1) is 18.7 Å². The molecular formula is C11H19BrFN3O. The number of halogens is 2. The van der Waals surface area contributed by atoms with Crippen LogP contribution in [0.4, 0.5) is 4.39 Å². The zero-order valence-corrected chi connectivity index (χ0v) is 11.8. The molecule has 1 rings (SSSR count). The molecule has 0 aromatic carbocycles. The maximum absolute atomic E-state index is 13.1. The summed E-state index contributed by atoms with van der Waals surface area (Å²) in [7, 11) is 0. The summed E-state index contributed by atoms with van der Waals surface area (Å²) in [5, 5.41) is 8.83. The summed E-state index contributed by atoms with van der Waals surface area (Å²) in [5.41, 5.74) is 5.79. The first-order valence-electron chi connectivity index (χ1n) is 5.61. The topological polar surface area (TPSA) is 70.1 Å². The van der Waals surface area contributed by atoms with E-state index in [2.05, 4.69) is 0 Å². The highest BCUT2D eigenvalue weighted by atomic mass is 79.9. The van der Waals surface area contributed by atoms with Crippen LogP contribution in [0.2, 0.25) is 0 Å². The van der Waals surface area contributed by atoms with Crippen LogP contribution in [-0.4, -0.2) is 35.6 Å². The van der Waals surface area contributed by atoms with Crippen LogP contribution in [0, 0.1) is 17.2 Å². The summed E-state index contributed by atoms with van der Waals surface area (Å²) >= 11 is 0. The Morgan fingerprint density at radius 3 is 2.76 bits per heavy atom. The van der Waals surface area contributed by atoms with Gasteiger partial charge in [0.2, 0.25) is 5.91 Å². The quantitative estimate of drug-likeness (QED) is 0.857. The second-order valence-corrected chi connectivity index (χ2v) is 4.38. The Hall–Kier alpha value is -0.670. The Kier molecular flexibility index (Phi) is 6.65. The van der Waals surface area contributed by atoms with Crippen molar-refractivity contribution in [2.24, 2.45) is 11.7 Å². The van der Waals surface area contributed by atoms with Crippen molar-refractivity contribution in [1.82, 2.24) is 4.90 Å². The molecule has 1 aliphatic rings. The van der Waals surface area contributed by atoms with Crippen LogP contribution in [0.15, 0.2) is 0 Å². The highest BCUT2D eigenvalue weighted by Crippen LogP contribution is 2.22. The van der Waals surface area contributed by atoms with Crippen LogP contribution < -0.4 is 5.73 Å². The average molecular weight is 308 g/mol. The number of nitrogens with zero attached hydrogens (tertiary/aromatic N) is 2. The van der Waals surface area contributed by atoms with Crippen molar-refractivity contribution >= 4 is 22.9 Å². The van der Waals surface area contributed by atoms with Crippen molar-refractivity contribution in [3.05, 3.63) is 0 Å². The number of amides is 1. The zero-order valence-electron chi connectivity index (χ0n) is 10.1. The van der Waals surface area contributed by atoms with E-state index in [1.54, 1.807) is 0 Å². The van der Waals surface area contributed by atoms with Crippen LogP contribution in [0.3, 0.4) is 0 Å². The van der Waals surface area contributed by atoms with Gasteiger partial charge in [0.1, 0.15) is 12.2 Å². The molecule has 0 aromatic heterocycles. The average Bonchev–Trinajstić information content (AvgIpc) is 2.67. The normalized spacial score (nSPS) is 26.9. The third kappa shape index (κ3) is 3.65. The minimum Gasteiger partial charge on any atom is -0.322 e. The lowest BCUT2D eigenvalue weighted by molar-refractivity contribution is -0.133. The van der Waals surface area contributed by atoms with E-state index in [1.807, 2.05) is 19.9 Å². The first kappa shape index (κ1) is 16.3. The standard InChI is InChI=1S/C11H18FN3O.BrH/c1-3-7(2)10(14)11(16)15-6-8(12)4-9(15)5-13;/h7-10H,3-4,6,14H2,1-2H3;1H/t7-,8-,9-,10-;/m0./s1. The SMILES string of the molecule is Br.CC[C@H](C)[C@H](N)C(=O)N1C[C@@H](F)C[C@H]1C#N. The van der Waals surface area contributed by atoms with Crippen molar-refractivity contribution in [3.8, 4) is 6.07 Å². The molecule has 0 spiro atoms. The molecule has 1 saturated heterocycles. The van der Waals surface area contributed by atoms with Crippen LogP contribution in [-0.2, 0) is 4.79 Å². The van der Waals surface area contributed by atoms with Crippen molar-refractivity contribution in [1.29, 1.82) is 5.26 Å². The maximum Gasteiger partial charge on any atom is 0.240 e. The lowest BCUT2D eigenvalue weighted by Crippen LogP contribution is -2.48. The van der Waals surface area contributed by atoms with Crippen LogP contribution in [0.5, 0.6) is 0 Å². The number of rotatable bonds is 3. The van der Waals surface area contributed by atoms with Gasteiger partial charge in [-0.1, -0.05) is 20.3 Å². The van der Waals surface area contributed by atoms with E-state index in [-0.39, 0.29) is 41.8 Å². The fraction of sp³-hybridized carbons (Fsp3) is 0.818. The highest BCUT2D eigenvalue weighted by Gasteiger charge is 2.38. The lowest BCUT2D eigenvalue weighted by Gasteiger charge is -2.25. The van der Waals surface area contributed by atoms with E-state index in [1.165, 1.54) is 4.90 Å². The number of carbonyl (C=O) groups excluding carboxylic acids is 1. The fourth-order valence-electron chi connectivity index (χ4n) is 1.84. The van der Waals surface area contributed by atoms with E-state index < -0.39 is 18.3 Å². The molecule has 6 heteroatoms. The van der Waals surface area contributed by atoms with Gasteiger partial charge in [0.25, 0.3) is 0 Å². The molecule has 0 bridgehead atoms. The molecule has 0 radical (unpaired) electrons. The minimum absolute atomic E-state index is 0. The molecule has 98 valence electrons. The number of nitriles is 1. The number of likely N-dealkylation sites (tertiary alicyclic amines) is 1. The molecule has 1 amide bonds. The summed E-state index contributed by atoms with van der Waals surface area (Å²) < 4.78 is 13.1. The molecule has 0 aliphatic carbocycles. The minimum atomic E-state index is -1.10. The molecule has 2 N–H and O–H groups in total. The van der Waals surface area contributed by atoms with Gasteiger partial charge in [0.15, 0.2) is 0 Å². The van der Waals surface area contributed by atoms with Gasteiger partial charge in [-0.05, 0) is 5.92 Å². The molecular weight excluding hydrogens is 289 g/mol. The van der Waals surface area contributed by atoms with E-state index in [9.17, 15) is 9.18 Å². The van der Waals surface area contributed by atoms with Crippen molar-refractivity contribution in [3.63, 3.8) is 0 Å². The molecule has 1 heterocycles. The van der Waals surface area contributed by atoms with Crippen molar-refractivity contribution in [2.45, 2.75) is 44.9 Å². The number of nitrogens with two attached hydrogens (primary N) is 1. The predicted octanol–water partition coefficient (Wildman–Crippen LogP) is 1.40. The van der Waals surface area contributed by atoms with Crippen LogP contribution >= 0.6 is 17.0 Å². The van der Waals surface area contributed by atoms with Crippen molar-refractivity contribution in [2.75, 3.05) is 6.54 Å². The van der Waals surface area contributed by atoms with Crippen molar-refractivity contribution < 1.29 is 9.18 Å². The summed E-state index contributed by atoms with van der Waals surface area (Å²) in [6.45, 7) is 3.83. The maximum atomic E-state index is 13.1. The number of hydrogen-bond acceptors (Lipinski definition) is 3. The predicted molar refractivity (Wildman–Crippen MR) is 68.4 cm³/mol. The van der Waals surface area contributed by atoms with Gasteiger partial charge in [-0.15, -0.1) is 17.0 Å². The molecule has 1 aliphatic heterocycles. The summed E-state index contributed by atoms with van der Waals surface area (Å²) in [4.78, 5) is 13.2. The Bertz CT molecular complexity index is 308. The monoisotopic (exact) mass is 307 g/mol. The fourth-order valence-corrected chi connectivity index (χ4v) is 1.84. The van der Waals surface area contributed by atoms with E-state index >= 15 is 0 Å². The number of alkyl halides is 1. The van der Waals surface area contributed by atoms with Gasteiger partial charge in [-0.2, -0.15) is 5.26 Å². The Labute approximate surface area is 112 Å². The summed E-state index contributed by atoms with van der Waals surface area (Å²) in [6.07, 6.45) is -0.204. The highest BCUT2D eigenvalue weighted by molar-refractivity contribution is 8.93. The Morgan fingerprint density at radius 1 is 1.71 bits per heavy atom.